The van der Waals surface area contributed by atoms with Crippen LogP contribution in [0.1, 0.15) is 31.1 Å². The van der Waals surface area contributed by atoms with Crippen molar-refractivity contribution in [2.24, 2.45) is 0 Å². The van der Waals surface area contributed by atoms with Gasteiger partial charge in [-0.3, -0.25) is 19.7 Å². The number of nitro groups is 1. The molecule has 0 radical (unpaired) electrons. The van der Waals surface area contributed by atoms with Gasteiger partial charge in [0.1, 0.15) is 5.75 Å². The number of benzene rings is 3. The van der Waals surface area contributed by atoms with Crippen LogP contribution in [-0.4, -0.2) is 29.8 Å². The summed E-state index contributed by atoms with van der Waals surface area (Å²) in [6.07, 6.45) is 0. The summed E-state index contributed by atoms with van der Waals surface area (Å²) in [5.74, 6) is -1.92. The number of fused-ring (bicyclic) bond motifs is 1. The largest absolute Gasteiger partial charge is 0.496 e. The lowest BCUT2D eigenvalue weighted by molar-refractivity contribution is -0.385. The van der Waals surface area contributed by atoms with Crippen molar-refractivity contribution in [3.63, 3.8) is 0 Å². The molecule has 2 amide bonds. The summed E-state index contributed by atoms with van der Waals surface area (Å²) in [4.78, 5) is 49.5. The van der Waals surface area contributed by atoms with Gasteiger partial charge in [-0.1, -0.05) is 18.2 Å². The second kappa shape index (κ2) is 7.71. The molecule has 0 aromatic heterocycles. The van der Waals surface area contributed by atoms with Crippen LogP contribution in [0.15, 0.2) is 66.7 Å². The minimum absolute atomic E-state index is 0.0131. The molecular weight excluding hydrogens is 404 g/mol. The van der Waals surface area contributed by atoms with E-state index in [9.17, 15) is 24.5 Å². The molecule has 0 aliphatic carbocycles. The Labute approximate surface area is 175 Å². The highest BCUT2D eigenvalue weighted by Gasteiger charge is 2.36. The van der Waals surface area contributed by atoms with Crippen molar-refractivity contribution in [2.75, 3.05) is 12.0 Å². The van der Waals surface area contributed by atoms with Crippen molar-refractivity contribution < 1.29 is 28.8 Å². The first-order valence-corrected chi connectivity index (χ1v) is 9.03. The lowest BCUT2D eigenvalue weighted by Crippen LogP contribution is -2.29. The van der Waals surface area contributed by atoms with Gasteiger partial charge >= 0.3 is 11.7 Å². The van der Waals surface area contributed by atoms with Gasteiger partial charge < -0.3 is 9.47 Å². The Kier molecular flexibility index (Phi) is 4.92. The summed E-state index contributed by atoms with van der Waals surface area (Å²) in [6.45, 7) is 0. The standard InChI is InChI=1S/C22H14N2O7/c1-30-15-9-10-19(18(12-15)24(28)29)31-22(27)13-5-4-6-14(11-13)23-20(25)16-7-2-3-8-17(16)21(23)26/h2-12H,1H3. The quantitative estimate of drug-likeness (QED) is 0.204. The molecule has 0 spiro atoms. The number of ether oxygens (including phenoxy) is 2. The van der Waals surface area contributed by atoms with E-state index in [4.69, 9.17) is 9.47 Å². The van der Waals surface area contributed by atoms with Gasteiger partial charge in [0.2, 0.25) is 5.75 Å². The summed E-state index contributed by atoms with van der Waals surface area (Å²) in [5, 5.41) is 11.3. The molecule has 154 valence electrons. The predicted molar refractivity (Wildman–Crippen MR) is 109 cm³/mol. The van der Waals surface area contributed by atoms with Crippen molar-refractivity contribution >= 4 is 29.2 Å². The number of amides is 2. The van der Waals surface area contributed by atoms with Crippen LogP contribution >= 0.6 is 0 Å². The molecule has 0 bridgehead atoms. The number of hydrogen-bond acceptors (Lipinski definition) is 7. The van der Waals surface area contributed by atoms with Crippen LogP contribution in [0.2, 0.25) is 0 Å². The molecule has 3 aromatic rings. The lowest BCUT2D eigenvalue weighted by Gasteiger charge is -2.15. The molecule has 1 heterocycles. The maximum atomic E-state index is 12.7. The van der Waals surface area contributed by atoms with Gasteiger partial charge in [-0.05, 0) is 42.5 Å². The zero-order valence-electron chi connectivity index (χ0n) is 16.1. The number of imide groups is 1. The summed E-state index contributed by atoms with van der Waals surface area (Å²) in [6, 6.07) is 16.0. The molecule has 0 N–H and O–H groups in total. The van der Waals surface area contributed by atoms with Crippen LogP contribution in [0.25, 0.3) is 0 Å². The normalized spacial score (nSPS) is 12.5. The maximum Gasteiger partial charge on any atom is 0.343 e. The van der Waals surface area contributed by atoms with Crippen LogP contribution in [0.5, 0.6) is 11.5 Å². The number of carbonyl (C=O) groups is 3. The highest BCUT2D eigenvalue weighted by molar-refractivity contribution is 6.34. The SMILES string of the molecule is COc1ccc(OC(=O)c2cccc(N3C(=O)c4ccccc4C3=O)c2)c([N+](=O)[O-])c1. The van der Waals surface area contributed by atoms with Crippen LogP contribution in [0.4, 0.5) is 11.4 Å². The average molecular weight is 418 g/mol. The van der Waals surface area contributed by atoms with E-state index in [0.717, 1.165) is 11.0 Å². The van der Waals surface area contributed by atoms with Crippen LogP contribution in [-0.2, 0) is 0 Å². The summed E-state index contributed by atoms with van der Waals surface area (Å²) < 4.78 is 10.2. The van der Waals surface area contributed by atoms with E-state index in [1.54, 1.807) is 24.3 Å². The Bertz CT molecular complexity index is 1220. The zero-order valence-corrected chi connectivity index (χ0v) is 16.1. The van der Waals surface area contributed by atoms with E-state index >= 15 is 0 Å². The highest BCUT2D eigenvalue weighted by atomic mass is 16.6. The molecule has 0 unspecified atom stereocenters. The van der Waals surface area contributed by atoms with Gasteiger partial charge in [-0.25, -0.2) is 9.69 Å². The summed E-state index contributed by atoms with van der Waals surface area (Å²) >= 11 is 0. The van der Waals surface area contributed by atoms with Crippen LogP contribution < -0.4 is 14.4 Å². The van der Waals surface area contributed by atoms with Crippen LogP contribution in [0.3, 0.4) is 0 Å². The number of hydrogen-bond donors (Lipinski definition) is 0. The van der Waals surface area contributed by atoms with Crippen LogP contribution in [0, 0.1) is 10.1 Å². The van der Waals surface area contributed by atoms with E-state index in [1.165, 1.54) is 43.5 Å². The number of nitrogens with zero attached hydrogens (tertiary/aromatic N) is 2. The fourth-order valence-electron chi connectivity index (χ4n) is 3.21. The smallest absolute Gasteiger partial charge is 0.343 e. The van der Waals surface area contributed by atoms with Crippen molar-refractivity contribution in [3.05, 3.63) is 93.5 Å². The molecule has 0 saturated heterocycles. The highest BCUT2D eigenvalue weighted by Crippen LogP contribution is 2.32. The van der Waals surface area contributed by atoms with Gasteiger partial charge in [-0.2, -0.15) is 0 Å². The molecule has 9 nitrogen and oxygen atoms in total. The Balaban J connectivity index is 1.63. The number of anilines is 1. The van der Waals surface area contributed by atoms with Crippen molar-refractivity contribution in [2.45, 2.75) is 0 Å². The fraction of sp³-hybridized carbons (Fsp3) is 0.0455. The van der Waals surface area contributed by atoms with Gasteiger partial charge in [0.25, 0.3) is 11.8 Å². The Hall–Kier alpha value is -4.53. The van der Waals surface area contributed by atoms with Crippen molar-refractivity contribution in [1.82, 2.24) is 0 Å². The summed E-state index contributed by atoms with van der Waals surface area (Å²) in [5.41, 5.74) is 0.303. The summed E-state index contributed by atoms with van der Waals surface area (Å²) in [7, 11) is 1.36. The van der Waals surface area contributed by atoms with E-state index in [0.29, 0.717) is 0 Å². The molecule has 3 aromatic carbocycles. The third-order valence-corrected chi connectivity index (χ3v) is 4.70. The number of rotatable bonds is 5. The predicted octanol–water partition coefficient (Wildman–Crippen LogP) is 3.62. The molecule has 0 fully saturated rings. The third kappa shape index (κ3) is 3.48. The Morgan fingerprint density at radius 1 is 0.935 bits per heavy atom. The number of nitro benzene ring substituents is 1. The molecule has 4 rings (SSSR count). The molecule has 0 atom stereocenters. The minimum atomic E-state index is -0.883. The third-order valence-electron chi connectivity index (χ3n) is 4.70. The average Bonchev–Trinajstić information content (AvgIpc) is 3.04. The van der Waals surface area contributed by atoms with E-state index < -0.39 is 28.4 Å². The zero-order chi connectivity index (χ0) is 22.1. The van der Waals surface area contributed by atoms with Gasteiger partial charge in [0, 0.05) is 0 Å². The fourth-order valence-corrected chi connectivity index (χ4v) is 3.21. The molecule has 9 heteroatoms. The van der Waals surface area contributed by atoms with E-state index in [1.807, 2.05) is 0 Å². The van der Waals surface area contributed by atoms with Gasteiger partial charge in [0.05, 0.1) is 40.5 Å². The molecule has 31 heavy (non-hydrogen) atoms. The molecule has 1 aliphatic rings. The number of esters is 1. The topological polar surface area (TPSA) is 116 Å². The first-order chi connectivity index (χ1) is 14.9. The van der Waals surface area contributed by atoms with Crippen molar-refractivity contribution in [1.29, 1.82) is 0 Å². The Morgan fingerprint density at radius 3 is 2.23 bits per heavy atom. The molecule has 1 aliphatic heterocycles. The second-order valence-corrected chi connectivity index (χ2v) is 6.52. The Morgan fingerprint density at radius 2 is 1.61 bits per heavy atom. The monoisotopic (exact) mass is 418 g/mol. The van der Waals surface area contributed by atoms with E-state index in [-0.39, 0.29) is 33.9 Å². The second-order valence-electron chi connectivity index (χ2n) is 6.52. The number of methoxy groups -OCH3 is 1. The first kappa shape index (κ1) is 19.8. The van der Waals surface area contributed by atoms with Gasteiger partial charge in [0.15, 0.2) is 0 Å². The number of carbonyl (C=O) groups excluding carboxylic acids is 3. The lowest BCUT2D eigenvalue weighted by atomic mass is 10.1. The minimum Gasteiger partial charge on any atom is -0.496 e. The first-order valence-electron chi connectivity index (χ1n) is 9.03. The van der Waals surface area contributed by atoms with Crippen molar-refractivity contribution in [3.8, 4) is 11.5 Å². The van der Waals surface area contributed by atoms with E-state index in [2.05, 4.69) is 0 Å². The maximum absolute atomic E-state index is 12.7. The van der Waals surface area contributed by atoms with Gasteiger partial charge in [-0.15, -0.1) is 0 Å². The molecular formula is C22H14N2O7. The molecule has 0 saturated carbocycles.